The lowest BCUT2D eigenvalue weighted by molar-refractivity contribution is -0.128. The average molecular weight is 248 g/mol. The van der Waals surface area contributed by atoms with Crippen LogP contribution in [0.1, 0.15) is 12.5 Å². The van der Waals surface area contributed by atoms with Gasteiger partial charge in [0.2, 0.25) is 5.91 Å². The Morgan fingerprint density at radius 1 is 1.50 bits per heavy atom. The first-order valence-corrected chi connectivity index (χ1v) is 5.82. The normalized spacial score (nSPS) is 18.1. The second-order valence-corrected chi connectivity index (χ2v) is 4.33. The Morgan fingerprint density at radius 3 is 2.89 bits per heavy atom. The molecule has 2 amide bonds. The Balaban J connectivity index is 2.40. The van der Waals surface area contributed by atoms with Gasteiger partial charge in [0.05, 0.1) is 5.69 Å². The monoisotopic (exact) mass is 248 g/mol. The Morgan fingerprint density at radius 2 is 2.22 bits per heavy atom. The summed E-state index contributed by atoms with van der Waals surface area (Å²) in [5.74, 6) is 0.234. The molecule has 0 bridgehead atoms. The number of benzene rings is 1. The number of nitrogens with zero attached hydrogens (tertiary/aromatic N) is 1. The fourth-order valence-corrected chi connectivity index (χ4v) is 1.90. The maximum Gasteiger partial charge on any atom is 0.268 e. The van der Waals surface area contributed by atoms with Crippen molar-refractivity contribution in [2.24, 2.45) is 0 Å². The Labute approximate surface area is 106 Å². The quantitative estimate of drug-likeness (QED) is 0.844. The zero-order valence-corrected chi connectivity index (χ0v) is 10.7. The first-order valence-electron chi connectivity index (χ1n) is 5.82. The lowest BCUT2D eigenvalue weighted by atomic mass is 10.1. The van der Waals surface area contributed by atoms with E-state index in [1.807, 2.05) is 25.1 Å². The minimum atomic E-state index is -0.565. The van der Waals surface area contributed by atoms with Gasteiger partial charge in [-0.2, -0.15) is 0 Å². The number of fused-ring (bicyclic) bond motifs is 1. The molecular weight excluding hydrogens is 232 g/mol. The largest absolute Gasteiger partial charge is 0.479 e. The van der Waals surface area contributed by atoms with Crippen molar-refractivity contribution in [2.45, 2.75) is 20.0 Å². The first kappa shape index (κ1) is 12.4. The van der Waals surface area contributed by atoms with Crippen LogP contribution in [-0.4, -0.2) is 31.5 Å². The summed E-state index contributed by atoms with van der Waals surface area (Å²) in [6.45, 7) is 3.63. The maximum absolute atomic E-state index is 12.1. The summed E-state index contributed by atoms with van der Waals surface area (Å²) in [6, 6.07) is 5.59. The molecule has 1 heterocycles. The number of rotatable bonds is 2. The summed E-state index contributed by atoms with van der Waals surface area (Å²) in [7, 11) is 1.55. The van der Waals surface area contributed by atoms with Gasteiger partial charge >= 0.3 is 0 Å². The number of likely N-dealkylation sites (N-methyl/N-ethyl adjacent to an activating group) is 1. The lowest BCUT2D eigenvalue weighted by Gasteiger charge is -2.32. The number of anilines is 1. The van der Waals surface area contributed by atoms with Gasteiger partial charge in [0.1, 0.15) is 12.3 Å². The zero-order chi connectivity index (χ0) is 13.3. The van der Waals surface area contributed by atoms with E-state index in [2.05, 4.69) is 5.32 Å². The van der Waals surface area contributed by atoms with Crippen LogP contribution in [0.2, 0.25) is 0 Å². The van der Waals surface area contributed by atoms with Crippen LogP contribution in [-0.2, 0) is 9.59 Å². The van der Waals surface area contributed by atoms with Crippen molar-refractivity contribution in [3.05, 3.63) is 23.8 Å². The van der Waals surface area contributed by atoms with Crippen LogP contribution in [0.5, 0.6) is 5.75 Å². The standard InChI is InChI=1S/C13H16N2O3/c1-8-4-5-11-10(6-8)15(7-12(16)14-3)13(17)9(2)18-11/h4-6,9H,7H2,1-3H3,(H,14,16)/t9-/m1/s1. The predicted octanol–water partition coefficient (Wildman–Crippen LogP) is 0.855. The summed E-state index contributed by atoms with van der Waals surface area (Å²) in [4.78, 5) is 25.0. The summed E-state index contributed by atoms with van der Waals surface area (Å²) >= 11 is 0. The van der Waals surface area contributed by atoms with Gasteiger partial charge < -0.3 is 10.1 Å². The summed E-state index contributed by atoms with van der Waals surface area (Å²) in [5, 5.41) is 2.52. The van der Waals surface area contributed by atoms with Gasteiger partial charge in [-0.3, -0.25) is 14.5 Å². The van der Waals surface area contributed by atoms with Gasteiger partial charge in [-0.1, -0.05) is 6.07 Å². The number of carbonyl (C=O) groups excluding carboxylic acids is 2. The molecule has 1 aromatic rings. The third-order valence-corrected chi connectivity index (χ3v) is 2.90. The minimum Gasteiger partial charge on any atom is -0.479 e. The number of carbonyl (C=O) groups is 2. The Kier molecular flexibility index (Phi) is 3.23. The number of hydrogen-bond acceptors (Lipinski definition) is 3. The molecule has 0 aromatic heterocycles. The van der Waals surface area contributed by atoms with E-state index in [1.54, 1.807) is 14.0 Å². The van der Waals surface area contributed by atoms with E-state index in [-0.39, 0.29) is 18.4 Å². The fourth-order valence-electron chi connectivity index (χ4n) is 1.90. The molecule has 0 spiro atoms. The highest BCUT2D eigenvalue weighted by Crippen LogP contribution is 2.34. The van der Waals surface area contributed by atoms with E-state index in [0.717, 1.165) is 5.56 Å². The van der Waals surface area contributed by atoms with Crippen LogP contribution >= 0.6 is 0 Å². The SMILES string of the molecule is CNC(=O)CN1C(=O)[C@@H](C)Oc2ccc(C)cc21. The molecule has 1 N–H and O–H groups in total. The highest BCUT2D eigenvalue weighted by Gasteiger charge is 2.32. The van der Waals surface area contributed by atoms with Crippen molar-refractivity contribution in [2.75, 3.05) is 18.5 Å². The molecule has 1 atom stereocenters. The number of aryl methyl sites for hydroxylation is 1. The number of amides is 2. The van der Waals surface area contributed by atoms with Crippen molar-refractivity contribution < 1.29 is 14.3 Å². The Hall–Kier alpha value is -2.04. The minimum absolute atomic E-state index is 0.0134. The van der Waals surface area contributed by atoms with Crippen LogP contribution in [0.4, 0.5) is 5.69 Å². The van der Waals surface area contributed by atoms with Gasteiger partial charge in [0.15, 0.2) is 6.10 Å². The van der Waals surface area contributed by atoms with Gasteiger partial charge in [0, 0.05) is 7.05 Å². The molecule has 1 aliphatic heterocycles. The zero-order valence-electron chi connectivity index (χ0n) is 10.7. The molecule has 5 nitrogen and oxygen atoms in total. The highest BCUT2D eigenvalue weighted by atomic mass is 16.5. The summed E-state index contributed by atoms with van der Waals surface area (Å²) in [5.41, 5.74) is 1.67. The molecule has 5 heteroatoms. The van der Waals surface area contributed by atoms with Crippen molar-refractivity contribution in [1.82, 2.24) is 5.32 Å². The van der Waals surface area contributed by atoms with Crippen molar-refractivity contribution in [1.29, 1.82) is 0 Å². The van der Waals surface area contributed by atoms with E-state index >= 15 is 0 Å². The average Bonchev–Trinajstić information content (AvgIpc) is 2.35. The van der Waals surface area contributed by atoms with Crippen molar-refractivity contribution in [3.63, 3.8) is 0 Å². The molecule has 0 radical (unpaired) electrons. The number of nitrogens with one attached hydrogen (secondary N) is 1. The van der Waals surface area contributed by atoms with E-state index < -0.39 is 6.10 Å². The molecule has 96 valence electrons. The molecule has 1 aromatic carbocycles. The molecule has 18 heavy (non-hydrogen) atoms. The second-order valence-electron chi connectivity index (χ2n) is 4.33. The van der Waals surface area contributed by atoms with E-state index in [4.69, 9.17) is 4.74 Å². The van der Waals surface area contributed by atoms with E-state index in [0.29, 0.717) is 11.4 Å². The van der Waals surface area contributed by atoms with Crippen LogP contribution in [0.25, 0.3) is 0 Å². The van der Waals surface area contributed by atoms with Crippen LogP contribution in [0.15, 0.2) is 18.2 Å². The third kappa shape index (κ3) is 2.16. The fraction of sp³-hybridized carbons (Fsp3) is 0.385. The maximum atomic E-state index is 12.1. The third-order valence-electron chi connectivity index (χ3n) is 2.90. The van der Waals surface area contributed by atoms with E-state index in [1.165, 1.54) is 4.90 Å². The van der Waals surface area contributed by atoms with Crippen molar-refractivity contribution >= 4 is 17.5 Å². The predicted molar refractivity (Wildman–Crippen MR) is 67.7 cm³/mol. The van der Waals surface area contributed by atoms with Gasteiger partial charge in [-0.15, -0.1) is 0 Å². The second kappa shape index (κ2) is 4.68. The highest BCUT2D eigenvalue weighted by molar-refractivity contribution is 6.03. The molecular formula is C13H16N2O3. The van der Waals surface area contributed by atoms with Crippen molar-refractivity contribution in [3.8, 4) is 5.75 Å². The smallest absolute Gasteiger partial charge is 0.268 e. The lowest BCUT2D eigenvalue weighted by Crippen LogP contribution is -2.48. The van der Waals surface area contributed by atoms with E-state index in [9.17, 15) is 9.59 Å². The first-order chi connectivity index (χ1) is 8.52. The molecule has 0 unspecified atom stereocenters. The molecule has 0 fully saturated rings. The summed E-state index contributed by atoms with van der Waals surface area (Å²) < 4.78 is 5.52. The molecule has 1 aliphatic rings. The molecule has 0 aliphatic carbocycles. The van der Waals surface area contributed by atoms with Crippen LogP contribution in [0.3, 0.4) is 0 Å². The van der Waals surface area contributed by atoms with Gasteiger partial charge in [0.25, 0.3) is 5.91 Å². The number of ether oxygens (including phenoxy) is 1. The Bertz CT molecular complexity index is 499. The summed E-state index contributed by atoms with van der Waals surface area (Å²) in [6.07, 6.45) is -0.565. The number of hydrogen-bond donors (Lipinski definition) is 1. The topological polar surface area (TPSA) is 58.6 Å². The van der Waals surface area contributed by atoms with Gasteiger partial charge in [-0.25, -0.2) is 0 Å². The molecule has 2 rings (SSSR count). The molecule has 0 saturated carbocycles. The van der Waals surface area contributed by atoms with Gasteiger partial charge in [-0.05, 0) is 31.5 Å². The molecule has 0 saturated heterocycles. The van der Waals surface area contributed by atoms with Crippen LogP contribution in [0, 0.1) is 6.92 Å². The van der Waals surface area contributed by atoms with Crippen LogP contribution < -0.4 is 15.0 Å².